The fraction of sp³-hybridized carbons (Fsp3) is 0.217. The number of esters is 1. The van der Waals surface area contributed by atoms with Crippen LogP contribution in [0.15, 0.2) is 48.7 Å². The number of carbonyl (C=O) groups is 1. The van der Waals surface area contributed by atoms with Crippen molar-refractivity contribution in [2.24, 2.45) is 0 Å². The largest absolute Gasteiger partial charge is 0.491 e. The standard InChI is InChI=1S/C23H23FN6O3/c1-13(2)33-16-7-4-14(5-8-16)27-23-25-12-18(24)22(28-23)26-15-6-9-19-17(10-15)20(30-29-19)11-21(31)32-3/h4-10,12-13H,11H2,1-3H3,(H,29,30)(H2,25,26,27,28). The van der Waals surface area contributed by atoms with Crippen molar-refractivity contribution >= 4 is 40.0 Å². The fourth-order valence-electron chi connectivity index (χ4n) is 3.16. The molecular formula is C23H23FN6O3. The Morgan fingerprint density at radius 3 is 2.61 bits per heavy atom. The Hall–Kier alpha value is -4.21. The molecule has 0 aliphatic rings. The summed E-state index contributed by atoms with van der Waals surface area (Å²) < 4.78 is 24.7. The van der Waals surface area contributed by atoms with Crippen molar-refractivity contribution in [2.45, 2.75) is 26.4 Å². The number of nitrogens with one attached hydrogen (secondary N) is 3. The molecule has 10 heteroatoms. The molecule has 0 amide bonds. The number of nitrogens with zero attached hydrogens (tertiary/aromatic N) is 3. The van der Waals surface area contributed by atoms with Crippen LogP contribution in [0, 0.1) is 5.82 Å². The number of H-pyrrole nitrogens is 1. The Balaban J connectivity index is 1.52. The zero-order valence-corrected chi connectivity index (χ0v) is 18.3. The van der Waals surface area contributed by atoms with Gasteiger partial charge in [0.1, 0.15) is 5.75 Å². The number of aromatic nitrogens is 4. The lowest BCUT2D eigenvalue weighted by Crippen LogP contribution is -2.06. The van der Waals surface area contributed by atoms with Gasteiger partial charge >= 0.3 is 5.97 Å². The van der Waals surface area contributed by atoms with Crippen LogP contribution in [0.5, 0.6) is 5.75 Å². The van der Waals surface area contributed by atoms with Gasteiger partial charge in [-0.05, 0) is 56.3 Å². The number of carbonyl (C=O) groups excluding carboxylic acids is 1. The lowest BCUT2D eigenvalue weighted by Gasteiger charge is -2.12. The summed E-state index contributed by atoms with van der Waals surface area (Å²) >= 11 is 0. The third kappa shape index (κ3) is 5.35. The van der Waals surface area contributed by atoms with E-state index < -0.39 is 11.8 Å². The first-order valence-corrected chi connectivity index (χ1v) is 10.3. The van der Waals surface area contributed by atoms with Gasteiger partial charge in [0.2, 0.25) is 5.95 Å². The van der Waals surface area contributed by atoms with Gasteiger partial charge in [-0.1, -0.05) is 0 Å². The van der Waals surface area contributed by atoms with E-state index in [0.717, 1.165) is 28.5 Å². The average molecular weight is 450 g/mol. The Morgan fingerprint density at radius 1 is 1.12 bits per heavy atom. The highest BCUT2D eigenvalue weighted by Crippen LogP contribution is 2.26. The van der Waals surface area contributed by atoms with E-state index in [-0.39, 0.29) is 24.3 Å². The van der Waals surface area contributed by atoms with Gasteiger partial charge in [0.05, 0.1) is 37.0 Å². The van der Waals surface area contributed by atoms with Crippen molar-refractivity contribution in [1.82, 2.24) is 20.2 Å². The Morgan fingerprint density at radius 2 is 1.88 bits per heavy atom. The quantitative estimate of drug-likeness (QED) is 0.337. The summed E-state index contributed by atoms with van der Waals surface area (Å²) in [6.07, 6.45) is 1.19. The molecule has 0 saturated carbocycles. The topological polar surface area (TPSA) is 114 Å². The number of methoxy groups -OCH3 is 1. The van der Waals surface area contributed by atoms with Crippen molar-refractivity contribution in [2.75, 3.05) is 17.7 Å². The lowest BCUT2D eigenvalue weighted by atomic mass is 10.1. The number of hydrogen-bond acceptors (Lipinski definition) is 8. The van der Waals surface area contributed by atoms with E-state index in [0.29, 0.717) is 11.4 Å². The van der Waals surface area contributed by atoms with Crippen LogP contribution >= 0.6 is 0 Å². The highest BCUT2D eigenvalue weighted by atomic mass is 19.1. The maximum Gasteiger partial charge on any atom is 0.311 e. The Bertz CT molecular complexity index is 1270. The summed E-state index contributed by atoms with van der Waals surface area (Å²) in [5, 5.41) is 13.8. The monoisotopic (exact) mass is 450 g/mol. The van der Waals surface area contributed by atoms with E-state index in [1.807, 2.05) is 38.1 Å². The Kier molecular flexibility index (Phi) is 6.34. The second kappa shape index (κ2) is 9.51. The molecule has 2 heterocycles. The smallest absolute Gasteiger partial charge is 0.311 e. The molecule has 0 bridgehead atoms. The van der Waals surface area contributed by atoms with Gasteiger partial charge in [-0.3, -0.25) is 9.89 Å². The molecule has 0 fully saturated rings. The van der Waals surface area contributed by atoms with E-state index in [2.05, 4.69) is 30.8 Å². The third-order valence-electron chi connectivity index (χ3n) is 4.67. The molecule has 0 atom stereocenters. The van der Waals surface area contributed by atoms with Crippen LogP contribution in [0.2, 0.25) is 0 Å². The van der Waals surface area contributed by atoms with E-state index in [9.17, 15) is 9.18 Å². The van der Waals surface area contributed by atoms with Crippen LogP contribution in [0.4, 0.5) is 27.5 Å². The summed E-state index contributed by atoms with van der Waals surface area (Å²) in [6.45, 7) is 3.91. The first-order chi connectivity index (χ1) is 15.9. The minimum absolute atomic E-state index is 0.00428. The molecule has 0 saturated heterocycles. The molecular weight excluding hydrogens is 427 g/mol. The van der Waals surface area contributed by atoms with Crippen LogP contribution in [0.25, 0.3) is 10.9 Å². The number of halogens is 1. The molecule has 2 aromatic carbocycles. The van der Waals surface area contributed by atoms with Gasteiger partial charge in [-0.2, -0.15) is 10.1 Å². The molecule has 2 aromatic heterocycles. The van der Waals surface area contributed by atoms with Gasteiger partial charge in [0, 0.05) is 16.8 Å². The summed E-state index contributed by atoms with van der Waals surface area (Å²) in [7, 11) is 1.32. The van der Waals surface area contributed by atoms with Crippen LogP contribution in [-0.2, 0) is 16.0 Å². The number of rotatable bonds is 8. The second-order valence-corrected chi connectivity index (χ2v) is 7.51. The normalized spacial score (nSPS) is 10.9. The van der Waals surface area contributed by atoms with Crippen molar-refractivity contribution in [3.8, 4) is 5.75 Å². The summed E-state index contributed by atoms with van der Waals surface area (Å²) in [5.41, 5.74) is 2.59. The van der Waals surface area contributed by atoms with E-state index in [1.54, 1.807) is 18.2 Å². The van der Waals surface area contributed by atoms with Crippen molar-refractivity contribution < 1.29 is 18.7 Å². The minimum atomic E-state index is -0.608. The summed E-state index contributed by atoms with van der Waals surface area (Å²) in [4.78, 5) is 19.9. The predicted octanol–water partition coefficient (Wildman–Crippen LogP) is 4.48. The van der Waals surface area contributed by atoms with E-state index in [4.69, 9.17) is 9.47 Å². The zero-order chi connectivity index (χ0) is 23.4. The van der Waals surface area contributed by atoms with Crippen LogP contribution < -0.4 is 15.4 Å². The lowest BCUT2D eigenvalue weighted by molar-refractivity contribution is -0.139. The van der Waals surface area contributed by atoms with Gasteiger partial charge in [-0.25, -0.2) is 9.37 Å². The third-order valence-corrected chi connectivity index (χ3v) is 4.67. The van der Waals surface area contributed by atoms with Gasteiger partial charge in [0.25, 0.3) is 0 Å². The zero-order valence-electron chi connectivity index (χ0n) is 18.3. The molecule has 4 aromatic rings. The number of anilines is 4. The van der Waals surface area contributed by atoms with Crippen molar-refractivity contribution in [3.63, 3.8) is 0 Å². The molecule has 0 unspecified atom stereocenters. The molecule has 3 N–H and O–H groups in total. The molecule has 0 aliphatic heterocycles. The maximum atomic E-state index is 14.4. The fourth-order valence-corrected chi connectivity index (χ4v) is 3.16. The predicted molar refractivity (Wildman–Crippen MR) is 123 cm³/mol. The van der Waals surface area contributed by atoms with Crippen molar-refractivity contribution in [1.29, 1.82) is 0 Å². The SMILES string of the molecule is COC(=O)Cc1n[nH]c2ccc(Nc3nc(Nc4ccc(OC(C)C)cc4)ncc3F)cc12. The summed E-state index contributed by atoms with van der Waals surface area (Å²) in [5.74, 6) is -0.0256. The average Bonchev–Trinajstić information content (AvgIpc) is 3.19. The second-order valence-electron chi connectivity index (χ2n) is 7.51. The van der Waals surface area contributed by atoms with Gasteiger partial charge in [-0.15, -0.1) is 0 Å². The number of ether oxygens (including phenoxy) is 2. The van der Waals surface area contributed by atoms with Crippen LogP contribution in [0.1, 0.15) is 19.5 Å². The molecule has 4 rings (SSSR count). The highest BCUT2D eigenvalue weighted by molar-refractivity contribution is 5.88. The van der Waals surface area contributed by atoms with Gasteiger partial charge in [0.15, 0.2) is 11.6 Å². The molecule has 0 aliphatic carbocycles. The van der Waals surface area contributed by atoms with Crippen LogP contribution in [-0.4, -0.2) is 39.3 Å². The summed E-state index contributed by atoms with van der Waals surface area (Å²) in [6, 6.07) is 12.6. The minimum Gasteiger partial charge on any atom is -0.491 e. The molecule has 33 heavy (non-hydrogen) atoms. The first kappa shape index (κ1) is 22.0. The molecule has 0 spiro atoms. The highest BCUT2D eigenvalue weighted by Gasteiger charge is 2.13. The molecule has 9 nitrogen and oxygen atoms in total. The number of aromatic amines is 1. The Labute approximate surface area is 189 Å². The van der Waals surface area contributed by atoms with Crippen molar-refractivity contribution in [3.05, 3.63) is 60.2 Å². The van der Waals surface area contributed by atoms with E-state index in [1.165, 1.54) is 7.11 Å². The maximum absolute atomic E-state index is 14.4. The number of fused-ring (bicyclic) bond motifs is 1. The first-order valence-electron chi connectivity index (χ1n) is 10.3. The number of hydrogen-bond donors (Lipinski definition) is 3. The van der Waals surface area contributed by atoms with Gasteiger partial charge < -0.3 is 20.1 Å². The van der Waals surface area contributed by atoms with Crippen LogP contribution in [0.3, 0.4) is 0 Å². The van der Waals surface area contributed by atoms with E-state index >= 15 is 0 Å². The molecule has 0 radical (unpaired) electrons. The molecule has 170 valence electrons. The number of benzene rings is 2.